The maximum Gasteiger partial charge on any atom is 0.326 e. The summed E-state index contributed by atoms with van der Waals surface area (Å²) in [5, 5.41) is 4.05. The highest BCUT2D eigenvalue weighted by molar-refractivity contribution is 5.71. The summed E-state index contributed by atoms with van der Waals surface area (Å²) < 4.78 is 1.65. The Kier molecular flexibility index (Phi) is 1.95. The van der Waals surface area contributed by atoms with Gasteiger partial charge in [-0.2, -0.15) is 5.10 Å². The van der Waals surface area contributed by atoms with E-state index in [0.717, 1.165) is 13.0 Å². The molecule has 0 aromatic carbocycles. The summed E-state index contributed by atoms with van der Waals surface area (Å²) >= 11 is 0. The minimum absolute atomic E-state index is 0.276. The summed E-state index contributed by atoms with van der Waals surface area (Å²) in [5.41, 5.74) is -0.192. The van der Waals surface area contributed by atoms with E-state index in [1.165, 1.54) is 0 Å². The van der Waals surface area contributed by atoms with Crippen LogP contribution in [0.5, 0.6) is 0 Å². The van der Waals surface area contributed by atoms with E-state index in [9.17, 15) is 9.59 Å². The van der Waals surface area contributed by atoms with Crippen molar-refractivity contribution in [3.8, 4) is 0 Å². The predicted octanol–water partition coefficient (Wildman–Crippen LogP) is -0.177. The molecule has 0 aliphatic heterocycles. The molecule has 0 unspecified atom stereocenters. The molecule has 74 valence electrons. The molecule has 2 heterocycles. The molecule has 14 heavy (non-hydrogen) atoms. The molecule has 6 heteroatoms. The van der Waals surface area contributed by atoms with Gasteiger partial charge >= 0.3 is 5.69 Å². The third-order valence-corrected chi connectivity index (χ3v) is 1.90. The number of nitrogens with zero attached hydrogens (tertiary/aromatic N) is 2. The van der Waals surface area contributed by atoms with Crippen molar-refractivity contribution in [2.45, 2.75) is 19.9 Å². The molecule has 0 radical (unpaired) electrons. The van der Waals surface area contributed by atoms with Crippen LogP contribution < -0.4 is 11.2 Å². The Labute approximate surface area is 78.6 Å². The molecule has 0 aliphatic rings. The van der Waals surface area contributed by atoms with Gasteiger partial charge in [-0.25, -0.2) is 4.79 Å². The number of aromatic amines is 2. The summed E-state index contributed by atoms with van der Waals surface area (Å²) in [6.07, 6.45) is 2.59. The zero-order valence-corrected chi connectivity index (χ0v) is 7.70. The van der Waals surface area contributed by atoms with E-state index in [1.54, 1.807) is 10.9 Å². The Balaban J connectivity index is 2.71. The van der Waals surface area contributed by atoms with E-state index in [4.69, 9.17) is 0 Å². The van der Waals surface area contributed by atoms with Crippen LogP contribution >= 0.6 is 0 Å². The van der Waals surface area contributed by atoms with Gasteiger partial charge in [0, 0.05) is 12.7 Å². The number of hydrogen-bond acceptors (Lipinski definition) is 3. The Bertz CT molecular complexity index is 562. The van der Waals surface area contributed by atoms with Crippen LogP contribution in [0.1, 0.15) is 13.3 Å². The second-order valence-corrected chi connectivity index (χ2v) is 3.06. The van der Waals surface area contributed by atoms with Gasteiger partial charge in [-0.1, -0.05) is 6.92 Å². The van der Waals surface area contributed by atoms with Crippen LogP contribution in [0, 0.1) is 0 Å². The quantitative estimate of drug-likeness (QED) is 0.695. The van der Waals surface area contributed by atoms with Crippen LogP contribution in [0.4, 0.5) is 0 Å². The Hall–Kier alpha value is -1.85. The van der Waals surface area contributed by atoms with Crippen LogP contribution in [0.15, 0.2) is 15.8 Å². The molecule has 2 N–H and O–H groups in total. The Morgan fingerprint density at radius 2 is 2.21 bits per heavy atom. The fourth-order valence-corrected chi connectivity index (χ4v) is 1.34. The molecule has 0 spiro atoms. The average Bonchev–Trinajstić information content (AvgIpc) is 2.48. The maximum absolute atomic E-state index is 11.3. The molecular formula is C8H10N4O2. The van der Waals surface area contributed by atoms with Crippen LogP contribution in [0.25, 0.3) is 11.0 Å². The first-order valence-corrected chi connectivity index (χ1v) is 4.40. The van der Waals surface area contributed by atoms with E-state index in [1.807, 2.05) is 6.92 Å². The molecule has 0 saturated carbocycles. The molecule has 0 amide bonds. The van der Waals surface area contributed by atoms with E-state index >= 15 is 0 Å². The SMILES string of the molecule is CCCn1cc2[nH]c(=O)[nH]c(=O)c2n1. The zero-order valence-electron chi connectivity index (χ0n) is 7.70. The summed E-state index contributed by atoms with van der Waals surface area (Å²) in [4.78, 5) is 26.8. The summed E-state index contributed by atoms with van der Waals surface area (Å²) in [6.45, 7) is 2.75. The van der Waals surface area contributed by atoms with Gasteiger partial charge in [0.2, 0.25) is 0 Å². The normalized spacial score (nSPS) is 10.9. The van der Waals surface area contributed by atoms with Crippen molar-refractivity contribution in [1.29, 1.82) is 0 Å². The first kappa shape index (κ1) is 8.74. The van der Waals surface area contributed by atoms with Crippen LogP contribution in [-0.4, -0.2) is 19.7 Å². The Morgan fingerprint density at radius 3 is 2.93 bits per heavy atom. The first-order valence-electron chi connectivity index (χ1n) is 4.40. The smallest absolute Gasteiger partial charge is 0.304 e. The number of hydrogen-bond donors (Lipinski definition) is 2. The van der Waals surface area contributed by atoms with Gasteiger partial charge in [-0.3, -0.25) is 14.5 Å². The highest BCUT2D eigenvalue weighted by Gasteiger charge is 2.04. The lowest BCUT2D eigenvalue weighted by Crippen LogP contribution is -2.21. The standard InChI is InChI=1S/C8H10N4O2/c1-2-3-12-4-5-6(11-12)7(13)10-8(14)9-5/h4H,2-3H2,1H3,(H2,9,10,13,14). The lowest BCUT2D eigenvalue weighted by atomic mass is 10.5. The number of aryl methyl sites for hydroxylation is 1. The largest absolute Gasteiger partial charge is 0.326 e. The molecule has 0 fully saturated rings. The van der Waals surface area contributed by atoms with Crippen LogP contribution in [0.3, 0.4) is 0 Å². The van der Waals surface area contributed by atoms with Gasteiger partial charge in [0.15, 0.2) is 5.52 Å². The second kappa shape index (κ2) is 3.13. The molecule has 2 rings (SSSR count). The monoisotopic (exact) mass is 194 g/mol. The lowest BCUT2D eigenvalue weighted by molar-refractivity contribution is 0.608. The molecular weight excluding hydrogens is 184 g/mol. The van der Waals surface area contributed by atoms with Crippen molar-refractivity contribution in [2.75, 3.05) is 0 Å². The maximum atomic E-state index is 11.3. The Morgan fingerprint density at radius 1 is 1.43 bits per heavy atom. The van der Waals surface area contributed by atoms with E-state index in [2.05, 4.69) is 15.1 Å². The first-order chi connectivity index (χ1) is 6.70. The van der Waals surface area contributed by atoms with Crippen molar-refractivity contribution in [2.24, 2.45) is 0 Å². The predicted molar refractivity (Wildman–Crippen MR) is 51.3 cm³/mol. The molecule has 0 atom stereocenters. The molecule has 2 aromatic heterocycles. The van der Waals surface area contributed by atoms with E-state index in [-0.39, 0.29) is 5.52 Å². The molecule has 2 aromatic rings. The van der Waals surface area contributed by atoms with Crippen molar-refractivity contribution in [1.82, 2.24) is 19.7 Å². The van der Waals surface area contributed by atoms with Crippen molar-refractivity contribution >= 4 is 11.0 Å². The highest BCUT2D eigenvalue weighted by Crippen LogP contribution is 2.01. The van der Waals surface area contributed by atoms with Gasteiger partial charge in [0.05, 0.1) is 5.52 Å². The van der Waals surface area contributed by atoms with Gasteiger partial charge < -0.3 is 4.98 Å². The van der Waals surface area contributed by atoms with Gasteiger partial charge in [-0.05, 0) is 6.42 Å². The summed E-state index contributed by atoms with van der Waals surface area (Å²) in [7, 11) is 0. The number of aromatic nitrogens is 4. The van der Waals surface area contributed by atoms with Crippen molar-refractivity contribution < 1.29 is 0 Å². The number of fused-ring (bicyclic) bond motifs is 1. The molecule has 0 aliphatic carbocycles. The van der Waals surface area contributed by atoms with Crippen LogP contribution in [0.2, 0.25) is 0 Å². The highest BCUT2D eigenvalue weighted by atomic mass is 16.2. The number of rotatable bonds is 2. The third-order valence-electron chi connectivity index (χ3n) is 1.90. The second-order valence-electron chi connectivity index (χ2n) is 3.06. The minimum atomic E-state index is -0.501. The molecule has 6 nitrogen and oxygen atoms in total. The molecule has 0 bridgehead atoms. The fraction of sp³-hybridized carbons (Fsp3) is 0.375. The fourth-order valence-electron chi connectivity index (χ4n) is 1.34. The number of H-pyrrole nitrogens is 2. The van der Waals surface area contributed by atoms with Crippen LogP contribution in [-0.2, 0) is 6.54 Å². The van der Waals surface area contributed by atoms with Gasteiger partial charge in [-0.15, -0.1) is 0 Å². The topological polar surface area (TPSA) is 83.5 Å². The zero-order chi connectivity index (χ0) is 10.1. The average molecular weight is 194 g/mol. The van der Waals surface area contributed by atoms with E-state index in [0.29, 0.717) is 5.52 Å². The number of nitrogens with one attached hydrogen (secondary N) is 2. The van der Waals surface area contributed by atoms with Gasteiger partial charge in [0.25, 0.3) is 5.56 Å². The molecule has 0 saturated heterocycles. The summed E-state index contributed by atoms with van der Waals surface area (Å²) in [6, 6.07) is 0. The summed E-state index contributed by atoms with van der Waals surface area (Å²) in [5.74, 6) is 0. The lowest BCUT2D eigenvalue weighted by Gasteiger charge is -1.92. The third kappa shape index (κ3) is 1.34. The minimum Gasteiger partial charge on any atom is -0.304 e. The van der Waals surface area contributed by atoms with E-state index < -0.39 is 11.2 Å². The van der Waals surface area contributed by atoms with Gasteiger partial charge in [0.1, 0.15) is 0 Å². The van der Waals surface area contributed by atoms with Crippen molar-refractivity contribution in [3.05, 3.63) is 27.0 Å². The van der Waals surface area contributed by atoms with Crippen molar-refractivity contribution in [3.63, 3.8) is 0 Å².